The predicted molar refractivity (Wildman–Crippen MR) is 136 cm³/mol. The zero-order valence-electron chi connectivity index (χ0n) is 20.3. The predicted octanol–water partition coefficient (Wildman–Crippen LogP) is 8.52. The molecule has 0 unspecified atom stereocenters. The molecule has 0 fully saturated rings. The van der Waals surface area contributed by atoms with Crippen molar-refractivity contribution in [3.05, 3.63) is 51.2 Å². The van der Waals surface area contributed by atoms with Gasteiger partial charge in [-0.2, -0.15) is 4.79 Å². The van der Waals surface area contributed by atoms with Crippen molar-refractivity contribution in [3.63, 3.8) is 0 Å². The Labute approximate surface area is 208 Å². The number of carbonyl (C=O) groups excluding carboxylic acids is 1. The van der Waals surface area contributed by atoms with Crippen LogP contribution in [-0.2, 0) is 6.42 Å². The first-order chi connectivity index (χ1) is 16.5. The highest BCUT2D eigenvalue weighted by molar-refractivity contribution is 6.33. The van der Waals surface area contributed by atoms with Crippen molar-refractivity contribution in [2.24, 2.45) is 0 Å². The lowest BCUT2D eigenvalue weighted by Gasteiger charge is -2.03. The number of carbonyl (C=O) groups is 1. The van der Waals surface area contributed by atoms with E-state index in [9.17, 15) is 14.9 Å². The van der Waals surface area contributed by atoms with Crippen LogP contribution in [0.5, 0.6) is 5.75 Å². The summed E-state index contributed by atoms with van der Waals surface area (Å²) in [5.41, 5.74) is 0.359. The molecule has 8 heteroatoms. The Bertz CT molecular complexity index is 870. The highest BCUT2D eigenvalue weighted by Gasteiger charge is 2.32. The molecule has 2 rings (SSSR count). The van der Waals surface area contributed by atoms with Crippen LogP contribution >= 0.6 is 11.6 Å². The number of unbranched alkanes of at least 4 members (excludes halogenated alkanes) is 13. The molecule has 1 aromatic carbocycles. The molecule has 0 atom stereocenters. The van der Waals surface area contributed by atoms with Crippen molar-refractivity contribution in [2.45, 2.75) is 103 Å². The van der Waals surface area contributed by atoms with Crippen molar-refractivity contribution in [2.75, 3.05) is 0 Å². The van der Waals surface area contributed by atoms with E-state index >= 15 is 0 Å². The van der Waals surface area contributed by atoms with Crippen LogP contribution in [0.25, 0.3) is 0 Å². The summed E-state index contributed by atoms with van der Waals surface area (Å²) in [6.07, 6.45) is 17.1. The maximum absolute atomic E-state index is 12.4. The van der Waals surface area contributed by atoms with Crippen molar-refractivity contribution in [1.29, 1.82) is 0 Å². The van der Waals surface area contributed by atoms with E-state index < -0.39 is 16.8 Å². The summed E-state index contributed by atoms with van der Waals surface area (Å²) in [4.78, 5) is 23.2. The van der Waals surface area contributed by atoms with Gasteiger partial charge < -0.3 is 14.9 Å². The number of hydrogen-bond acceptors (Lipinski definition) is 5. The number of halogens is 1. The maximum Gasteiger partial charge on any atom is 0.539 e. The first-order valence-corrected chi connectivity index (χ1v) is 13.1. The molecule has 1 aromatic heterocycles. The molecule has 0 radical (unpaired) electrons. The molecule has 0 bridgehead atoms. The Morgan fingerprint density at radius 2 is 1.41 bits per heavy atom. The average molecular weight is 492 g/mol. The Balaban J connectivity index is 1.66. The van der Waals surface area contributed by atoms with Crippen LogP contribution in [0.15, 0.2) is 30.3 Å². The second-order valence-electron chi connectivity index (χ2n) is 8.78. The number of rotatable bonds is 17. The second kappa shape index (κ2) is 16.3. The Hall–Kier alpha value is -2.41. The van der Waals surface area contributed by atoms with Gasteiger partial charge in [-0.15, -0.1) is 0 Å². The van der Waals surface area contributed by atoms with E-state index in [0.29, 0.717) is 16.8 Å². The van der Waals surface area contributed by atoms with Gasteiger partial charge in [0, 0.05) is 0 Å². The SMILES string of the molecule is CCCCCCCCCCCCCCCCc1nn(C(=O)Oc2ccccc2)c([N+](=O)[O-])c1Cl. The fraction of sp³-hybridized carbons (Fsp3) is 0.615. The zero-order valence-corrected chi connectivity index (χ0v) is 21.1. The molecule has 0 spiro atoms. The third-order valence-corrected chi connectivity index (χ3v) is 6.32. The third kappa shape index (κ3) is 9.84. The van der Waals surface area contributed by atoms with Gasteiger partial charge in [0.2, 0.25) is 0 Å². The van der Waals surface area contributed by atoms with Crippen LogP contribution in [0.3, 0.4) is 0 Å². The average Bonchev–Trinajstić information content (AvgIpc) is 3.16. The number of ether oxygens (including phenoxy) is 1. The van der Waals surface area contributed by atoms with Gasteiger partial charge in [0.15, 0.2) is 5.02 Å². The largest absolute Gasteiger partial charge is 0.539 e. The first kappa shape index (κ1) is 27.8. The molecule has 0 aliphatic carbocycles. The van der Waals surface area contributed by atoms with Gasteiger partial charge in [-0.25, -0.2) is 0 Å². The lowest BCUT2D eigenvalue weighted by Crippen LogP contribution is -2.20. The normalized spacial score (nSPS) is 11.0. The fourth-order valence-corrected chi connectivity index (χ4v) is 4.28. The van der Waals surface area contributed by atoms with Crippen LogP contribution in [0.2, 0.25) is 5.02 Å². The third-order valence-electron chi connectivity index (χ3n) is 5.93. The molecular formula is C26H38ClN3O4. The molecule has 0 saturated carbocycles. The minimum absolute atomic E-state index is 0.0929. The van der Waals surface area contributed by atoms with Crippen LogP contribution in [0, 0.1) is 10.1 Å². The van der Waals surface area contributed by atoms with E-state index in [1.54, 1.807) is 30.3 Å². The highest BCUT2D eigenvalue weighted by Crippen LogP contribution is 2.29. The van der Waals surface area contributed by atoms with Gasteiger partial charge >= 0.3 is 11.9 Å². The highest BCUT2D eigenvalue weighted by atomic mass is 35.5. The standard InChI is InChI=1S/C26H38ClN3O4/c1-2-3-4-5-6-7-8-9-10-11-12-13-14-18-21-23-24(27)25(30(32)33)29(28-23)26(31)34-22-19-16-15-17-20-22/h15-17,19-20H,2-14,18,21H2,1H3. The zero-order chi connectivity index (χ0) is 24.6. The van der Waals surface area contributed by atoms with Crippen molar-refractivity contribution in [1.82, 2.24) is 9.78 Å². The molecule has 0 N–H and O–H groups in total. The summed E-state index contributed by atoms with van der Waals surface area (Å²) in [7, 11) is 0. The van der Waals surface area contributed by atoms with E-state index in [1.165, 1.54) is 70.6 Å². The second-order valence-corrected chi connectivity index (χ2v) is 9.16. The summed E-state index contributed by atoms with van der Waals surface area (Å²) >= 11 is 6.20. The summed E-state index contributed by atoms with van der Waals surface area (Å²) in [5, 5.41) is 15.5. The number of benzene rings is 1. The molecule has 34 heavy (non-hydrogen) atoms. The van der Waals surface area contributed by atoms with Crippen LogP contribution in [0.1, 0.15) is 103 Å². The molecular weight excluding hydrogens is 454 g/mol. The summed E-state index contributed by atoms with van der Waals surface area (Å²) in [5.74, 6) is -0.273. The van der Waals surface area contributed by atoms with Gasteiger partial charge in [-0.1, -0.05) is 125 Å². The molecule has 0 aliphatic rings. The van der Waals surface area contributed by atoms with E-state index in [1.807, 2.05) is 0 Å². The number of para-hydroxylation sites is 1. The minimum atomic E-state index is -0.952. The van der Waals surface area contributed by atoms with Crippen molar-refractivity contribution in [3.8, 4) is 5.75 Å². The number of aryl methyl sites for hydroxylation is 1. The first-order valence-electron chi connectivity index (χ1n) is 12.7. The molecule has 188 valence electrons. The summed E-state index contributed by atoms with van der Waals surface area (Å²) in [6.45, 7) is 2.25. The van der Waals surface area contributed by atoms with Crippen molar-refractivity contribution >= 4 is 23.5 Å². The topological polar surface area (TPSA) is 87.3 Å². The smallest absolute Gasteiger partial charge is 0.390 e. The van der Waals surface area contributed by atoms with Gasteiger partial charge in [-0.05, 0) is 34.6 Å². The van der Waals surface area contributed by atoms with Gasteiger partial charge in [0.25, 0.3) is 0 Å². The minimum Gasteiger partial charge on any atom is -0.390 e. The lowest BCUT2D eigenvalue weighted by atomic mass is 10.0. The Morgan fingerprint density at radius 3 is 1.91 bits per heavy atom. The molecule has 0 saturated heterocycles. The van der Waals surface area contributed by atoms with E-state index in [4.69, 9.17) is 16.3 Å². The van der Waals surface area contributed by atoms with Gasteiger partial charge in [0.05, 0.1) is 0 Å². The van der Waals surface area contributed by atoms with Gasteiger partial charge in [0.1, 0.15) is 11.4 Å². The lowest BCUT2D eigenvalue weighted by molar-refractivity contribution is -0.391. The van der Waals surface area contributed by atoms with Gasteiger partial charge in [-0.3, -0.25) is 0 Å². The molecule has 0 amide bonds. The molecule has 1 heterocycles. The molecule has 2 aromatic rings. The van der Waals surface area contributed by atoms with Crippen molar-refractivity contribution < 1.29 is 14.5 Å². The monoisotopic (exact) mass is 491 g/mol. The van der Waals surface area contributed by atoms with E-state index in [0.717, 1.165) is 19.3 Å². The van der Waals surface area contributed by atoms with Crippen LogP contribution in [-0.4, -0.2) is 20.8 Å². The number of nitro groups is 1. The molecule has 7 nitrogen and oxygen atoms in total. The molecule has 0 aliphatic heterocycles. The number of hydrogen-bond donors (Lipinski definition) is 0. The van der Waals surface area contributed by atoms with Crippen LogP contribution < -0.4 is 4.74 Å². The van der Waals surface area contributed by atoms with Crippen LogP contribution in [0.4, 0.5) is 10.6 Å². The quantitative estimate of drug-likeness (QED) is 0.126. The number of nitrogens with zero attached hydrogens (tertiary/aromatic N) is 3. The number of aromatic nitrogens is 2. The summed E-state index contributed by atoms with van der Waals surface area (Å²) in [6, 6.07) is 8.36. The maximum atomic E-state index is 12.4. The van der Waals surface area contributed by atoms with E-state index in [2.05, 4.69) is 12.0 Å². The summed E-state index contributed by atoms with van der Waals surface area (Å²) < 4.78 is 5.83. The van der Waals surface area contributed by atoms with E-state index in [-0.39, 0.29) is 10.8 Å². The Kier molecular flexibility index (Phi) is 13.3. The fourth-order valence-electron chi connectivity index (χ4n) is 4.00. The Morgan fingerprint density at radius 1 is 0.912 bits per heavy atom.